The summed E-state index contributed by atoms with van der Waals surface area (Å²) in [7, 11) is 0. The van der Waals surface area contributed by atoms with Gasteiger partial charge in [0.25, 0.3) is 0 Å². The molecule has 11 heteroatoms. The first-order valence-corrected chi connectivity index (χ1v) is 7.96. The minimum Gasteiger partial charge on any atom is -0.463 e. The van der Waals surface area contributed by atoms with Gasteiger partial charge in [0.1, 0.15) is 18.1 Å². The van der Waals surface area contributed by atoms with Gasteiger partial charge in [0.15, 0.2) is 0 Å². The zero-order valence-electron chi connectivity index (χ0n) is 14.3. The van der Waals surface area contributed by atoms with Gasteiger partial charge in [0.05, 0.1) is 17.9 Å². The lowest BCUT2D eigenvalue weighted by Crippen LogP contribution is -2.35. The van der Waals surface area contributed by atoms with Crippen molar-refractivity contribution in [2.45, 2.75) is 39.5 Å². The molecule has 0 saturated heterocycles. The van der Waals surface area contributed by atoms with E-state index in [1.54, 1.807) is 17.8 Å². The lowest BCUT2D eigenvalue weighted by Gasteiger charge is -2.29. The summed E-state index contributed by atoms with van der Waals surface area (Å²) in [5, 5.41) is 10.4. The summed E-state index contributed by atoms with van der Waals surface area (Å²) < 4.78 is 48.6. The van der Waals surface area contributed by atoms with Crippen LogP contribution in [0.3, 0.4) is 0 Å². The van der Waals surface area contributed by atoms with Crippen molar-refractivity contribution in [3.8, 4) is 0 Å². The molecule has 0 radical (unpaired) electrons. The Morgan fingerprint density at radius 1 is 1.38 bits per heavy atom. The van der Waals surface area contributed by atoms with Crippen LogP contribution in [0, 0.1) is 6.92 Å². The number of nitrogens with zero attached hydrogens (tertiary/aromatic N) is 5. The van der Waals surface area contributed by atoms with Gasteiger partial charge >= 0.3 is 12.1 Å². The van der Waals surface area contributed by atoms with E-state index in [4.69, 9.17) is 4.74 Å². The van der Waals surface area contributed by atoms with E-state index in [9.17, 15) is 18.0 Å². The number of carbonyl (C=O) groups is 1. The van der Waals surface area contributed by atoms with Crippen molar-refractivity contribution in [1.29, 1.82) is 0 Å². The minimum atomic E-state index is -4.80. The Balaban J connectivity index is 2.27. The van der Waals surface area contributed by atoms with Crippen LogP contribution in [0.5, 0.6) is 0 Å². The second-order valence-corrected chi connectivity index (χ2v) is 5.59. The highest BCUT2D eigenvalue weighted by atomic mass is 19.4. The first-order chi connectivity index (χ1) is 12.3. The van der Waals surface area contributed by atoms with Crippen molar-refractivity contribution in [2.24, 2.45) is 0 Å². The molecule has 3 heterocycles. The maximum Gasteiger partial charge on any atom is 0.431 e. The number of esters is 1. The Kier molecular flexibility index (Phi) is 4.46. The standard InChI is InChI=1S/C15H17F3N6O2/c1-4-23-6-9(8(3)22-23)11-10(13(25)26-5-2)12(15(16,17)18)21-14-19-7-20-24(11)14/h6-7,11H,4-5H2,1-3H3,(H,19,20,21)/t11-/m1/s1. The van der Waals surface area contributed by atoms with Crippen molar-refractivity contribution in [1.82, 2.24) is 24.5 Å². The number of halogens is 3. The third-order valence-corrected chi connectivity index (χ3v) is 3.98. The van der Waals surface area contributed by atoms with Crippen LogP contribution < -0.4 is 5.32 Å². The number of carbonyl (C=O) groups excluding carboxylic acids is 1. The lowest BCUT2D eigenvalue weighted by atomic mass is 9.95. The largest absolute Gasteiger partial charge is 0.463 e. The van der Waals surface area contributed by atoms with Crippen molar-refractivity contribution in [3.63, 3.8) is 0 Å². The Hall–Kier alpha value is -2.85. The molecule has 0 spiro atoms. The van der Waals surface area contributed by atoms with Crippen LogP contribution >= 0.6 is 0 Å². The predicted molar refractivity (Wildman–Crippen MR) is 84.1 cm³/mol. The quantitative estimate of drug-likeness (QED) is 0.831. The highest BCUT2D eigenvalue weighted by molar-refractivity contribution is 5.92. The van der Waals surface area contributed by atoms with E-state index in [-0.39, 0.29) is 12.6 Å². The van der Waals surface area contributed by atoms with Crippen molar-refractivity contribution in [3.05, 3.63) is 35.1 Å². The van der Waals surface area contributed by atoms with Gasteiger partial charge in [-0.3, -0.25) is 4.68 Å². The average molecular weight is 370 g/mol. The van der Waals surface area contributed by atoms with Crippen LogP contribution in [0.15, 0.2) is 23.8 Å². The fraction of sp³-hybridized carbons (Fsp3) is 0.467. The van der Waals surface area contributed by atoms with Gasteiger partial charge in [0, 0.05) is 18.3 Å². The molecule has 0 unspecified atom stereocenters. The Morgan fingerprint density at radius 2 is 2.12 bits per heavy atom. The summed E-state index contributed by atoms with van der Waals surface area (Å²) in [5.74, 6) is -1.18. The maximum atomic E-state index is 13.6. The minimum absolute atomic E-state index is 0.0579. The number of allylic oxidation sites excluding steroid dienone is 1. The number of aromatic nitrogens is 5. The van der Waals surface area contributed by atoms with Crippen molar-refractivity contribution < 1.29 is 22.7 Å². The third-order valence-electron chi connectivity index (χ3n) is 3.98. The topological polar surface area (TPSA) is 86.9 Å². The molecule has 8 nitrogen and oxygen atoms in total. The number of fused-ring (bicyclic) bond motifs is 1. The zero-order chi connectivity index (χ0) is 19.1. The van der Waals surface area contributed by atoms with Gasteiger partial charge in [-0.2, -0.15) is 28.4 Å². The molecule has 0 aromatic carbocycles. The van der Waals surface area contributed by atoms with Gasteiger partial charge < -0.3 is 10.1 Å². The lowest BCUT2D eigenvalue weighted by molar-refractivity contribution is -0.140. The van der Waals surface area contributed by atoms with Crippen LogP contribution in [-0.2, 0) is 16.1 Å². The second kappa shape index (κ2) is 6.46. The number of anilines is 1. The molecule has 140 valence electrons. The monoisotopic (exact) mass is 370 g/mol. The van der Waals surface area contributed by atoms with E-state index < -0.39 is 29.5 Å². The number of rotatable bonds is 4. The highest BCUT2D eigenvalue weighted by Gasteiger charge is 2.47. The molecule has 3 rings (SSSR count). The summed E-state index contributed by atoms with van der Waals surface area (Å²) in [6, 6.07) is -1.15. The first kappa shape index (κ1) is 18.0. The normalized spacial score (nSPS) is 17.1. The summed E-state index contributed by atoms with van der Waals surface area (Å²) in [6.45, 7) is 5.51. The average Bonchev–Trinajstić information content (AvgIpc) is 3.18. The number of ether oxygens (including phenoxy) is 1. The van der Waals surface area contributed by atoms with Gasteiger partial charge in [-0.1, -0.05) is 0 Å². The summed E-state index contributed by atoms with van der Waals surface area (Å²) in [4.78, 5) is 16.3. The molecule has 2 aromatic rings. The molecule has 2 aromatic heterocycles. The molecule has 26 heavy (non-hydrogen) atoms. The number of nitrogens with one attached hydrogen (secondary N) is 1. The van der Waals surface area contributed by atoms with Gasteiger partial charge in [0.2, 0.25) is 5.95 Å². The molecule has 1 atom stereocenters. The van der Waals surface area contributed by atoms with Crippen LogP contribution in [0.25, 0.3) is 0 Å². The highest BCUT2D eigenvalue weighted by Crippen LogP contribution is 2.41. The molecule has 0 amide bonds. The van der Waals surface area contributed by atoms with E-state index in [0.717, 1.165) is 6.33 Å². The Labute approximate surface area is 146 Å². The van der Waals surface area contributed by atoms with Crippen LogP contribution in [-0.4, -0.2) is 43.3 Å². The summed E-state index contributed by atoms with van der Waals surface area (Å²) >= 11 is 0. The molecule has 0 saturated carbocycles. The smallest absolute Gasteiger partial charge is 0.431 e. The number of alkyl halides is 3. The van der Waals surface area contributed by atoms with E-state index in [1.165, 1.54) is 11.6 Å². The number of hydrogen-bond donors (Lipinski definition) is 1. The molecule has 1 aliphatic rings. The number of hydrogen-bond acceptors (Lipinski definition) is 6. The van der Waals surface area contributed by atoms with Crippen molar-refractivity contribution >= 4 is 11.9 Å². The fourth-order valence-corrected chi connectivity index (χ4v) is 2.86. The third kappa shape index (κ3) is 2.93. The Bertz CT molecular complexity index is 867. The molecule has 1 aliphatic heterocycles. The summed E-state index contributed by atoms with van der Waals surface area (Å²) in [5.41, 5.74) is -0.866. The molecular formula is C15H17F3N6O2. The van der Waals surface area contributed by atoms with E-state index in [1.807, 2.05) is 6.92 Å². The molecule has 0 aliphatic carbocycles. The van der Waals surface area contributed by atoms with Crippen molar-refractivity contribution in [2.75, 3.05) is 11.9 Å². The zero-order valence-corrected chi connectivity index (χ0v) is 14.3. The SMILES string of the molecule is CCOC(=O)C1=C(C(F)(F)F)Nc2ncnn2[C@@H]1c1cn(CC)nc1C. The molecule has 0 fully saturated rings. The van der Waals surface area contributed by atoms with Gasteiger partial charge in [-0.25, -0.2) is 9.48 Å². The molecule has 1 N–H and O–H groups in total. The molecule has 0 bridgehead atoms. The predicted octanol–water partition coefficient (Wildman–Crippen LogP) is 2.20. The van der Waals surface area contributed by atoms with E-state index in [0.29, 0.717) is 17.8 Å². The second-order valence-electron chi connectivity index (χ2n) is 5.59. The van der Waals surface area contributed by atoms with E-state index in [2.05, 4.69) is 20.5 Å². The maximum absolute atomic E-state index is 13.6. The summed E-state index contributed by atoms with van der Waals surface area (Å²) in [6.07, 6.45) is -2.08. The first-order valence-electron chi connectivity index (χ1n) is 7.96. The van der Waals surface area contributed by atoms with E-state index >= 15 is 0 Å². The Morgan fingerprint density at radius 3 is 2.69 bits per heavy atom. The number of aryl methyl sites for hydroxylation is 2. The van der Waals surface area contributed by atoms with Gasteiger partial charge in [-0.15, -0.1) is 0 Å². The van der Waals surface area contributed by atoms with Crippen LogP contribution in [0.4, 0.5) is 19.1 Å². The molecular weight excluding hydrogens is 353 g/mol. The van der Waals surface area contributed by atoms with Crippen LogP contribution in [0.2, 0.25) is 0 Å². The fourth-order valence-electron chi connectivity index (χ4n) is 2.86. The van der Waals surface area contributed by atoms with Gasteiger partial charge in [-0.05, 0) is 20.8 Å². The van der Waals surface area contributed by atoms with Crippen LogP contribution in [0.1, 0.15) is 31.1 Å².